The molecule has 1 amide bonds. The predicted molar refractivity (Wildman–Crippen MR) is 129 cm³/mol. The van der Waals surface area contributed by atoms with Crippen LogP contribution in [0.25, 0.3) is 6.08 Å². The molecule has 1 fully saturated rings. The Morgan fingerprint density at radius 2 is 1.84 bits per heavy atom. The number of rotatable bonds is 3. The molecule has 31 heavy (non-hydrogen) atoms. The van der Waals surface area contributed by atoms with Crippen LogP contribution in [0.4, 0.5) is 0 Å². The molecule has 2 aromatic carbocycles. The molecule has 5 heteroatoms. The third-order valence-corrected chi connectivity index (χ3v) is 6.89. The van der Waals surface area contributed by atoms with Crippen molar-refractivity contribution in [1.82, 2.24) is 4.90 Å². The van der Waals surface area contributed by atoms with Crippen molar-refractivity contribution in [1.29, 1.82) is 0 Å². The SMILES string of the molecule is CC(C)(C)c1ccc(/C=C/C(=O)N2CCC3(CC2)CC(c2ccccc2)=NO3)c(Br)c1. The number of amides is 1. The fourth-order valence-corrected chi connectivity index (χ4v) is 4.62. The summed E-state index contributed by atoms with van der Waals surface area (Å²) in [6.07, 6.45) is 5.98. The topological polar surface area (TPSA) is 41.9 Å². The van der Waals surface area contributed by atoms with E-state index in [1.54, 1.807) is 6.08 Å². The van der Waals surface area contributed by atoms with Crippen molar-refractivity contribution in [2.24, 2.45) is 5.16 Å². The number of hydrogen-bond donors (Lipinski definition) is 0. The fourth-order valence-electron chi connectivity index (χ4n) is 4.10. The van der Waals surface area contributed by atoms with E-state index in [0.29, 0.717) is 13.1 Å². The van der Waals surface area contributed by atoms with Crippen molar-refractivity contribution >= 4 is 33.6 Å². The number of benzene rings is 2. The molecule has 2 aromatic rings. The van der Waals surface area contributed by atoms with Gasteiger partial charge < -0.3 is 9.74 Å². The summed E-state index contributed by atoms with van der Waals surface area (Å²) in [6.45, 7) is 7.95. The van der Waals surface area contributed by atoms with E-state index in [1.165, 1.54) is 5.56 Å². The van der Waals surface area contributed by atoms with Gasteiger partial charge in [0.1, 0.15) is 5.60 Å². The zero-order valence-electron chi connectivity index (χ0n) is 18.4. The summed E-state index contributed by atoms with van der Waals surface area (Å²) in [6, 6.07) is 16.5. The maximum atomic E-state index is 12.8. The van der Waals surface area contributed by atoms with Gasteiger partial charge in [-0.25, -0.2) is 0 Å². The molecule has 0 atom stereocenters. The van der Waals surface area contributed by atoms with Crippen LogP contribution in [-0.2, 0) is 15.0 Å². The van der Waals surface area contributed by atoms with Gasteiger partial charge in [0.05, 0.1) is 5.71 Å². The van der Waals surface area contributed by atoms with Gasteiger partial charge in [0, 0.05) is 42.9 Å². The van der Waals surface area contributed by atoms with E-state index in [2.05, 4.69) is 72.2 Å². The normalized spacial score (nSPS) is 18.3. The van der Waals surface area contributed by atoms with E-state index in [9.17, 15) is 4.79 Å². The Hall–Kier alpha value is -2.40. The summed E-state index contributed by atoms with van der Waals surface area (Å²) in [5.41, 5.74) is 4.22. The summed E-state index contributed by atoms with van der Waals surface area (Å²) < 4.78 is 1.01. The van der Waals surface area contributed by atoms with Crippen LogP contribution < -0.4 is 0 Å². The molecule has 2 aliphatic rings. The van der Waals surface area contributed by atoms with Crippen LogP contribution in [0.15, 0.2) is 64.2 Å². The fraction of sp³-hybridized carbons (Fsp3) is 0.385. The summed E-state index contributed by atoms with van der Waals surface area (Å²) in [4.78, 5) is 20.5. The second-order valence-electron chi connectivity index (χ2n) is 9.50. The molecule has 0 bridgehead atoms. The van der Waals surface area contributed by atoms with Crippen LogP contribution in [-0.4, -0.2) is 35.2 Å². The molecule has 1 spiro atoms. The quantitative estimate of drug-likeness (QED) is 0.509. The number of piperidine rings is 1. The van der Waals surface area contributed by atoms with Gasteiger partial charge in [-0.15, -0.1) is 0 Å². The van der Waals surface area contributed by atoms with Gasteiger partial charge in [-0.3, -0.25) is 4.79 Å². The van der Waals surface area contributed by atoms with Crippen molar-refractivity contribution in [3.63, 3.8) is 0 Å². The van der Waals surface area contributed by atoms with Crippen molar-refractivity contribution in [3.05, 3.63) is 75.8 Å². The highest BCUT2D eigenvalue weighted by atomic mass is 79.9. The molecular weight excluding hydrogens is 452 g/mol. The minimum Gasteiger partial charge on any atom is -0.388 e. The lowest BCUT2D eigenvalue weighted by Crippen LogP contribution is -2.46. The standard InChI is InChI=1S/C26H29BrN2O2/c1-25(2,3)21-11-9-19(22(27)17-21)10-12-24(30)29-15-13-26(14-16-29)18-23(28-31-26)20-7-5-4-6-8-20/h4-12,17H,13-16,18H2,1-3H3/b12-10+. The first kappa shape index (κ1) is 21.8. The minimum atomic E-state index is -0.266. The van der Waals surface area contributed by atoms with Crippen LogP contribution in [0, 0.1) is 0 Å². The molecule has 0 aromatic heterocycles. The molecule has 0 N–H and O–H groups in total. The van der Waals surface area contributed by atoms with Crippen LogP contribution in [0.2, 0.25) is 0 Å². The number of halogens is 1. The summed E-state index contributed by atoms with van der Waals surface area (Å²) >= 11 is 3.65. The molecule has 4 rings (SSSR count). The number of carbonyl (C=O) groups is 1. The summed E-state index contributed by atoms with van der Waals surface area (Å²) in [7, 11) is 0. The highest BCUT2D eigenvalue weighted by Crippen LogP contribution is 2.36. The van der Waals surface area contributed by atoms with Crippen molar-refractivity contribution in [2.45, 2.75) is 51.0 Å². The molecule has 0 aliphatic carbocycles. The van der Waals surface area contributed by atoms with Crippen LogP contribution in [0.3, 0.4) is 0 Å². The average Bonchev–Trinajstić information content (AvgIpc) is 3.16. The highest BCUT2D eigenvalue weighted by Gasteiger charge is 2.42. The summed E-state index contributed by atoms with van der Waals surface area (Å²) in [5.74, 6) is 0.0452. The first-order valence-electron chi connectivity index (χ1n) is 10.8. The lowest BCUT2D eigenvalue weighted by molar-refractivity contribution is -0.131. The van der Waals surface area contributed by atoms with Gasteiger partial charge in [-0.05, 0) is 34.2 Å². The van der Waals surface area contributed by atoms with Gasteiger partial charge >= 0.3 is 0 Å². The molecule has 2 heterocycles. The maximum Gasteiger partial charge on any atom is 0.246 e. The Morgan fingerprint density at radius 3 is 2.48 bits per heavy atom. The Morgan fingerprint density at radius 1 is 1.13 bits per heavy atom. The number of likely N-dealkylation sites (tertiary alicyclic amines) is 1. The van der Waals surface area contributed by atoms with Crippen LogP contribution >= 0.6 is 15.9 Å². The second-order valence-corrected chi connectivity index (χ2v) is 10.4. The van der Waals surface area contributed by atoms with Crippen molar-refractivity contribution in [2.75, 3.05) is 13.1 Å². The number of oxime groups is 1. The summed E-state index contributed by atoms with van der Waals surface area (Å²) in [5, 5.41) is 4.36. The smallest absolute Gasteiger partial charge is 0.246 e. The molecular formula is C26H29BrN2O2. The van der Waals surface area contributed by atoms with E-state index in [4.69, 9.17) is 4.84 Å². The zero-order chi connectivity index (χ0) is 22.1. The van der Waals surface area contributed by atoms with E-state index in [1.807, 2.05) is 29.2 Å². The lowest BCUT2D eigenvalue weighted by Gasteiger charge is -2.36. The highest BCUT2D eigenvalue weighted by molar-refractivity contribution is 9.10. The van der Waals surface area contributed by atoms with E-state index < -0.39 is 0 Å². The average molecular weight is 481 g/mol. The van der Waals surface area contributed by atoms with Gasteiger partial charge in [0.25, 0.3) is 0 Å². The molecule has 2 aliphatic heterocycles. The molecule has 0 radical (unpaired) electrons. The molecule has 0 unspecified atom stereocenters. The maximum absolute atomic E-state index is 12.8. The lowest BCUT2D eigenvalue weighted by atomic mass is 9.85. The van der Waals surface area contributed by atoms with E-state index in [-0.39, 0.29) is 16.9 Å². The Bertz CT molecular complexity index is 1010. The third-order valence-electron chi connectivity index (χ3n) is 6.20. The van der Waals surface area contributed by atoms with Crippen molar-refractivity contribution in [3.8, 4) is 0 Å². The third kappa shape index (κ3) is 4.93. The number of hydrogen-bond acceptors (Lipinski definition) is 3. The molecule has 1 saturated heterocycles. The van der Waals surface area contributed by atoms with Crippen LogP contribution in [0.5, 0.6) is 0 Å². The Balaban J connectivity index is 1.34. The zero-order valence-corrected chi connectivity index (χ0v) is 20.0. The van der Waals surface area contributed by atoms with E-state index in [0.717, 1.165) is 40.6 Å². The Labute approximate surface area is 193 Å². The molecule has 162 valence electrons. The second kappa shape index (κ2) is 8.62. The largest absolute Gasteiger partial charge is 0.388 e. The van der Waals surface area contributed by atoms with Gasteiger partial charge in [-0.1, -0.05) is 84.3 Å². The molecule has 0 saturated carbocycles. The number of nitrogens with zero attached hydrogens (tertiary/aromatic N) is 2. The Kier molecular flexibility index (Phi) is 6.07. The van der Waals surface area contributed by atoms with Gasteiger partial charge in [0.15, 0.2) is 0 Å². The van der Waals surface area contributed by atoms with Gasteiger partial charge in [0.2, 0.25) is 5.91 Å². The minimum absolute atomic E-state index is 0.0452. The predicted octanol–water partition coefficient (Wildman–Crippen LogP) is 5.95. The van der Waals surface area contributed by atoms with Crippen molar-refractivity contribution < 1.29 is 9.63 Å². The first-order chi connectivity index (χ1) is 14.8. The number of carbonyl (C=O) groups excluding carboxylic acids is 1. The van der Waals surface area contributed by atoms with Crippen LogP contribution in [0.1, 0.15) is 56.7 Å². The van der Waals surface area contributed by atoms with Gasteiger partial charge in [-0.2, -0.15) is 0 Å². The molecule has 4 nitrogen and oxygen atoms in total. The monoisotopic (exact) mass is 480 g/mol. The first-order valence-corrected chi connectivity index (χ1v) is 11.6. The van der Waals surface area contributed by atoms with E-state index >= 15 is 0 Å².